The predicted octanol–water partition coefficient (Wildman–Crippen LogP) is 3.50. The zero-order valence-corrected chi connectivity index (χ0v) is 18.6. The monoisotopic (exact) mass is 437 g/mol. The molecule has 4 aromatic rings. The summed E-state index contributed by atoms with van der Waals surface area (Å²) in [6.45, 7) is 3.56. The van der Waals surface area contributed by atoms with Gasteiger partial charge in [-0.3, -0.25) is 4.79 Å². The standard InChI is InChI=1S/C23H23N3O4S/c1-5-31(28,29)17-7-9-22(30-4)20(11-17)21-14-25(3)23(27)18-8-6-16(10-19(18)21)26-13-15(2)12-24-26/h6-14H,5H2,1-4H3. The first-order valence-electron chi connectivity index (χ1n) is 9.81. The van der Waals surface area contributed by atoms with Gasteiger partial charge in [0.2, 0.25) is 0 Å². The van der Waals surface area contributed by atoms with Crippen LogP contribution < -0.4 is 10.3 Å². The molecular formula is C23H23N3O4S. The van der Waals surface area contributed by atoms with Gasteiger partial charge in [-0.1, -0.05) is 6.92 Å². The minimum Gasteiger partial charge on any atom is -0.496 e. The Labute approximate surface area is 180 Å². The van der Waals surface area contributed by atoms with Crippen LogP contribution in [0, 0.1) is 6.92 Å². The number of hydrogen-bond donors (Lipinski definition) is 0. The number of aryl methyl sites for hydroxylation is 2. The van der Waals surface area contributed by atoms with Gasteiger partial charge in [0, 0.05) is 36.0 Å². The Morgan fingerprint density at radius 1 is 1.03 bits per heavy atom. The van der Waals surface area contributed by atoms with Crippen LogP contribution >= 0.6 is 0 Å². The Hall–Kier alpha value is -3.39. The zero-order valence-electron chi connectivity index (χ0n) is 17.8. The Bertz CT molecular complexity index is 1470. The molecule has 0 atom stereocenters. The summed E-state index contributed by atoms with van der Waals surface area (Å²) in [6, 6.07) is 10.3. The highest BCUT2D eigenvalue weighted by molar-refractivity contribution is 7.91. The number of benzene rings is 2. The molecule has 8 heteroatoms. The van der Waals surface area contributed by atoms with E-state index in [2.05, 4.69) is 5.10 Å². The van der Waals surface area contributed by atoms with E-state index < -0.39 is 9.84 Å². The van der Waals surface area contributed by atoms with Crippen LogP contribution in [0.4, 0.5) is 0 Å². The maximum absolute atomic E-state index is 12.8. The number of fused-ring (bicyclic) bond motifs is 1. The first kappa shape index (κ1) is 20.9. The number of rotatable bonds is 5. The zero-order chi connectivity index (χ0) is 22.3. The van der Waals surface area contributed by atoms with Crippen molar-refractivity contribution in [2.75, 3.05) is 12.9 Å². The van der Waals surface area contributed by atoms with Crippen molar-refractivity contribution in [1.29, 1.82) is 0 Å². The predicted molar refractivity (Wildman–Crippen MR) is 121 cm³/mol. The molecule has 2 heterocycles. The van der Waals surface area contributed by atoms with Crippen LogP contribution in [0.25, 0.3) is 27.6 Å². The molecular weight excluding hydrogens is 414 g/mol. The van der Waals surface area contributed by atoms with E-state index in [1.807, 2.05) is 25.3 Å². The van der Waals surface area contributed by atoms with E-state index in [4.69, 9.17) is 4.74 Å². The normalized spacial score (nSPS) is 11.7. The number of ether oxygens (including phenoxy) is 1. The summed E-state index contributed by atoms with van der Waals surface area (Å²) in [5, 5.41) is 5.57. The van der Waals surface area contributed by atoms with Crippen LogP contribution in [0.15, 0.2) is 64.7 Å². The van der Waals surface area contributed by atoms with Gasteiger partial charge in [-0.15, -0.1) is 0 Å². The highest BCUT2D eigenvalue weighted by Crippen LogP contribution is 2.36. The maximum atomic E-state index is 12.8. The van der Waals surface area contributed by atoms with Gasteiger partial charge in [0.15, 0.2) is 9.84 Å². The van der Waals surface area contributed by atoms with E-state index in [-0.39, 0.29) is 16.2 Å². The number of methoxy groups -OCH3 is 1. The Balaban J connectivity index is 2.06. The lowest BCUT2D eigenvalue weighted by atomic mass is 9.99. The summed E-state index contributed by atoms with van der Waals surface area (Å²) >= 11 is 0. The van der Waals surface area contributed by atoms with Gasteiger partial charge < -0.3 is 9.30 Å². The molecule has 0 saturated heterocycles. The average molecular weight is 438 g/mol. The molecule has 4 rings (SSSR count). The topological polar surface area (TPSA) is 83.2 Å². The molecule has 7 nitrogen and oxygen atoms in total. The Morgan fingerprint density at radius 3 is 2.45 bits per heavy atom. The molecule has 0 aliphatic rings. The van der Waals surface area contributed by atoms with E-state index in [9.17, 15) is 13.2 Å². The van der Waals surface area contributed by atoms with E-state index >= 15 is 0 Å². The van der Waals surface area contributed by atoms with Crippen molar-refractivity contribution in [3.63, 3.8) is 0 Å². The molecule has 160 valence electrons. The van der Waals surface area contributed by atoms with Gasteiger partial charge in [-0.05, 0) is 54.3 Å². The highest BCUT2D eigenvalue weighted by atomic mass is 32.2. The summed E-state index contributed by atoms with van der Waals surface area (Å²) in [5.41, 5.74) is 2.98. The lowest BCUT2D eigenvalue weighted by Crippen LogP contribution is -2.17. The summed E-state index contributed by atoms with van der Waals surface area (Å²) in [6.07, 6.45) is 5.37. The maximum Gasteiger partial charge on any atom is 0.258 e. The van der Waals surface area contributed by atoms with Gasteiger partial charge in [-0.2, -0.15) is 5.10 Å². The van der Waals surface area contributed by atoms with Crippen LogP contribution in [0.1, 0.15) is 12.5 Å². The molecule has 0 spiro atoms. The SMILES string of the molecule is CCS(=O)(=O)c1ccc(OC)c(-c2cn(C)c(=O)c3ccc(-n4cc(C)cn4)cc23)c1. The molecule has 0 N–H and O–H groups in total. The lowest BCUT2D eigenvalue weighted by Gasteiger charge is -2.15. The van der Waals surface area contributed by atoms with Gasteiger partial charge in [0.1, 0.15) is 5.75 Å². The third-order valence-corrected chi connectivity index (χ3v) is 7.08. The fourth-order valence-electron chi connectivity index (χ4n) is 3.62. The van der Waals surface area contributed by atoms with Crippen LogP contribution in [0.2, 0.25) is 0 Å². The number of pyridine rings is 1. The van der Waals surface area contributed by atoms with E-state index in [0.29, 0.717) is 27.6 Å². The van der Waals surface area contributed by atoms with Crippen molar-refractivity contribution in [3.05, 3.63) is 70.9 Å². The van der Waals surface area contributed by atoms with Crippen molar-refractivity contribution >= 4 is 20.6 Å². The molecule has 31 heavy (non-hydrogen) atoms. The molecule has 2 aromatic heterocycles. The largest absolute Gasteiger partial charge is 0.496 e. The van der Waals surface area contributed by atoms with Crippen LogP contribution in [-0.4, -0.2) is 35.6 Å². The number of hydrogen-bond acceptors (Lipinski definition) is 5. The minimum atomic E-state index is -3.41. The van der Waals surface area contributed by atoms with E-state index in [1.165, 1.54) is 11.7 Å². The number of nitrogens with zero attached hydrogens (tertiary/aromatic N) is 3. The van der Waals surface area contributed by atoms with Crippen LogP contribution in [0.3, 0.4) is 0 Å². The molecule has 0 bridgehead atoms. The molecule has 0 radical (unpaired) electrons. The van der Waals surface area contributed by atoms with Gasteiger partial charge in [0.05, 0.1) is 29.6 Å². The third kappa shape index (κ3) is 3.63. The van der Waals surface area contributed by atoms with Crippen LogP contribution in [0.5, 0.6) is 5.75 Å². The molecule has 0 fully saturated rings. The van der Waals surface area contributed by atoms with Crippen molar-refractivity contribution in [2.24, 2.45) is 7.05 Å². The van der Waals surface area contributed by atoms with Crippen molar-refractivity contribution in [2.45, 2.75) is 18.7 Å². The second-order valence-electron chi connectivity index (χ2n) is 7.42. The van der Waals surface area contributed by atoms with Gasteiger partial charge in [-0.25, -0.2) is 13.1 Å². The number of sulfone groups is 1. The quantitative estimate of drug-likeness (QED) is 0.477. The van der Waals surface area contributed by atoms with E-state index in [1.54, 1.807) is 55.3 Å². The first-order valence-corrected chi connectivity index (χ1v) is 11.5. The highest BCUT2D eigenvalue weighted by Gasteiger charge is 2.19. The third-order valence-electron chi connectivity index (χ3n) is 5.34. The molecule has 0 amide bonds. The summed E-state index contributed by atoms with van der Waals surface area (Å²) in [5.74, 6) is 0.519. The fourth-order valence-corrected chi connectivity index (χ4v) is 4.53. The molecule has 0 saturated carbocycles. The summed E-state index contributed by atoms with van der Waals surface area (Å²) in [4.78, 5) is 13.0. The van der Waals surface area contributed by atoms with Crippen molar-refractivity contribution in [1.82, 2.24) is 14.3 Å². The Morgan fingerprint density at radius 2 is 1.81 bits per heavy atom. The summed E-state index contributed by atoms with van der Waals surface area (Å²) < 4.78 is 33.8. The molecule has 2 aromatic carbocycles. The lowest BCUT2D eigenvalue weighted by molar-refractivity contribution is 0.416. The molecule has 0 unspecified atom stereocenters. The smallest absolute Gasteiger partial charge is 0.258 e. The number of aromatic nitrogens is 3. The van der Waals surface area contributed by atoms with Gasteiger partial charge >= 0.3 is 0 Å². The molecule has 0 aliphatic heterocycles. The Kier molecular flexibility index (Phi) is 5.18. The van der Waals surface area contributed by atoms with Gasteiger partial charge in [0.25, 0.3) is 5.56 Å². The summed E-state index contributed by atoms with van der Waals surface area (Å²) in [7, 11) is -0.199. The minimum absolute atomic E-state index is 0.00437. The fraction of sp³-hybridized carbons (Fsp3) is 0.217. The van der Waals surface area contributed by atoms with Crippen LogP contribution in [-0.2, 0) is 16.9 Å². The average Bonchev–Trinajstić information content (AvgIpc) is 3.21. The van der Waals surface area contributed by atoms with Crippen molar-refractivity contribution in [3.8, 4) is 22.6 Å². The second kappa shape index (κ2) is 7.70. The van der Waals surface area contributed by atoms with E-state index in [0.717, 1.165) is 11.3 Å². The van der Waals surface area contributed by atoms with Crippen molar-refractivity contribution < 1.29 is 13.2 Å². The second-order valence-corrected chi connectivity index (χ2v) is 9.69. The molecule has 0 aliphatic carbocycles. The first-order chi connectivity index (χ1) is 14.7.